The smallest absolute Gasteiger partial charge is 0.324 e. The van der Waals surface area contributed by atoms with Crippen molar-refractivity contribution >= 4 is 8.60 Å². The summed E-state index contributed by atoms with van der Waals surface area (Å²) in [5.41, 5.74) is -2.00. The summed E-state index contributed by atoms with van der Waals surface area (Å²) < 4.78 is 0. The molecule has 13 heteroatoms. The van der Waals surface area contributed by atoms with Crippen LogP contribution in [0.4, 0.5) is 0 Å². The Morgan fingerprint density at radius 1 is 0.387 bits per heavy atom. The molecule has 0 unspecified atom stereocenters. The number of aliphatic hydroxyl groups excluding tert-OH is 9. The van der Waals surface area contributed by atoms with Crippen LogP contribution >= 0.6 is 8.60 Å². The van der Waals surface area contributed by atoms with Gasteiger partial charge in [-0.1, -0.05) is 20.8 Å². The van der Waals surface area contributed by atoms with Gasteiger partial charge in [-0.25, -0.2) is 0 Å². The van der Waals surface area contributed by atoms with Crippen molar-refractivity contribution in [2.45, 2.75) is 40.0 Å². The van der Waals surface area contributed by atoms with Gasteiger partial charge in [0.15, 0.2) is 0 Å². The highest BCUT2D eigenvalue weighted by Gasteiger charge is 2.26. The van der Waals surface area contributed by atoms with E-state index in [0.29, 0.717) is 19.3 Å². The number of hydrogen-bond donors (Lipinski definition) is 12. The van der Waals surface area contributed by atoms with Crippen LogP contribution in [-0.2, 0) is 0 Å². The highest BCUT2D eigenvalue weighted by Crippen LogP contribution is 2.19. The second-order valence-electron chi connectivity index (χ2n) is 7.25. The molecule has 31 heavy (non-hydrogen) atoms. The Morgan fingerprint density at radius 3 is 0.484 bits per heavy atom. The van der Waals surface area contributed by atoms with Crippen molar-refractivity contribution in [3.8, 4) is 0 Å². The van der Waals surface area contributed by atoms with Crippen LogP contribution in [-0.4, -0.2) is 120 Å². The maximum atomic E-state index is 8.66. The summed E-state index contributed by atoms with van der Waals surface area (Å²) in [4.78, 5) is 21.7. The fraction of sp³-hybridized carbons (Fsp3) is 1.00. The third-order valence-corrected chi connectivity index (χ3v) is 5.27. The molecule has 0 radical (unpaired) electrons. The van der Waals surface area contributed by atoms with Gasteiger partial charge >= 0.3 is 8.60 Å². The molecule has 0 atom stereocenters. The van der Waals surface area contributed by atoms with Gasteiger partial charge < -0.3 is 60.6 Å². The quantitative estimate of drug-likeness (QED) is 0.126. The van der Waals surface area contributed by atoms with E-state index in [1.54, 1.807) is 0 Å². The zero-order chi connectivity index (χ0) is 25.6. The minimum absolute atomic E-state index is 0.156. The minimum atomic E-state index is -2.62. The molecule has 0 heterocycles. The monoisotopic (exact) mass is 484 g/mol. The van der Waals surface area contributed by atoms with E-state index in [2.05, 4.69) is 0 Å². The molecule has 0 aliphatic rings. The van der Waals surface area contributed by atoms with E-state index in [0.717, 1.165) is 0 Å². The molecule has 0 aliphatic heterocycles. The Kier molecular flexibility index (Phi) is 28.5. The van der Waals surface area contributed by atoms with E-state index in [1.165, 1.54) is 0 Å². The Labute approximate surface area is 185 Å². The van der Waals surface area contributed by atoms with Crippen LogP contribution in [0.15, 0.2) is 0 Å². The maximum Gasteiger partial charge on any atom is 0.324 e. The van der Waals surface area contributed by atoms with Crippen LogP contribution in [0.25, 0.3) is 0 Å². The van der Waals surface area contributed by atoms with Gasteiger partial charge in [0.05, 0.1) is 59.5 Å². The first-order chi connectivity index (χ1) is 14.5. The lowest BCUT2D eigenvalue weighted by molar-refractivity contribution is 0.00275. The predicted molar refractivity (Wildman–Crippen MR) is 116 cm³/mol. The fourth-order valence-electron chi connectivity index (χ4n) is 1.46. The topological polar surface area (TPSA) is 243 Å². The summed E-state index contributed by atoms with van der Waals surface area (Å²) >= 11 is 0. The van der Waals surface area contributed by atoms with Crippen molar-refractivity contribution in [3.63, 3.8) is 0 Å². The fourth-order valence-corrected chi connectivity index (χ4v) is 1.46. The molecular weight excluding hydrogens is 439 g/mol. The molecule has 0 aromatic carbocycles. The van der Waals surface area contributed by atoms with Gasteiger partial charge in [0.1, 0.15) is 0 Å². The molecule has 12 N–H and O–H groups in total. The maximum absolute atomic E-state index is 8.66. The van der Waals surface area contributed by atoms with E-state index in [4.69, 9.17) is 60.6 Å². The summed E-state index contributed by atoms with van der Waals surface area (Å²) in [6.45, 7) is 4.06. The molecule has 0 spiro atoms. The van der Waals surface area contributed by atoms with Crippen molar-refractivity contribution in [3.05, 3.63) is 0 Å². The minimum Gasteiger partial charge on any atom is -0.396 e. The van der Waals surface area contributed by atoms with Crippen molar-refractivity contribution < 1.29 is 60.6 Å². The summed E-state index contributed by atoms with van der Waals surface area (Å²) in [7, 11) is -2.62. The largest absolute Gasteiger partial charge is 0.396 e. The molecule has 0 rings (SSSR count). The van der Waals surface area contributed by atoms with Crippen LogP contribution in [0.3, 0.4) is 0 Å². The molecule has 0 saturated heterocycles. The molecule has 0 aliphatic carbocycles. The highest BCUT2D eigenvalue weighted by molar-refractivity contribution is 7.38. The zero-order valence-corrected chi connectivity index (χ0v) is 19.7. The average molecular weight is 485 g/mol. The van der Waals surface area contributed by atoms with Crippen LogP contribution in [0.5, 0.6) is 0 Å². The summed E-state index contributed by atoms with van der Waals surface area (Å²) in [6.07, 6.45) is 1.78. The molecule has 0 aromatic heterocycles. The van der Waals surface area contributed by atoms with Gasteiger partial charge in [-0.05, 0) is 19.3 Å². The molecule has 194 valence electrons. The van der Waals surface area contributed by atoms with Crippen molar-refractivity contribution in [2.75, 3.05) is 59.5 Å². The molecule has 0 saturated carbocycles. The first-order valence-electron chi connectivity index (χ1n) is 9.81. The molecule has 0 amide bonds. The Morgan fingerprint density at radius 2 is 0.484 bits per heavy atom. The average Bonchev–Trinajstić information content (AvgIpc) is 2.80. The molecule has 12 nitrogen and oxygen atoms in total. The normalized spacial score (nSPS) is 11.6. The van der Waals surface area contributed by atoms with Gasteiger partial charge in [-0.3, -0.25) is 0 Å². The predicted octanol–water partition coefficient (Wildman–Crippen LogP) is -2.73. The van der Waals surface area contributed by atoms with E-state index in [1.807, 2.05) is 20.8 Å². The third-order valence-electron chi connectivity index (χ3n) is 5.27. The van der Waals surface area contributed by atoms with Gasteiger partial charge in [0.2, 0.25) is 0 Å². The first-order valence-corrected chi connectivity index (χ1v) is 11.0. The van der Waals surface area contributed by atoms with E-state index < -0.39 is 24.8 Å². The van der Waals surface area contributed by atoms with E-state index in [9.17, 15) is 0 Å². The van der Waals surface area contributed by atoms with Gasteiger partial charge in [0, 0.05) is 16.2 Å². The summed E-state index contributed by atoms with van der Waals surface area (Å²) in [5.74, 6) is 0. The van der Waals surface area contributed by atoms with Crippen molar-refractivity contribution in [1.82, 2.24) is 0 Å². The standard InChI is InChI=1S/3C6H14O3.H3O3P/c3*1-2-6(3-7,4-8)5-9;1-4(2)3/h3*7-9H,2-5H2,1H3;1-3H. The van der Waals surface area contributed by atoms with Gasteiger partial charge in [-0.2, -0.15) is 0 Å². The Balaban J connectivity index is -0.000000162. The molecule has 0 aromatic rings. The Hall–Kier alpha value is -0.0500. The zero-order valence-electron chi connectivity index (χ0n) is 18.8. The Bertz CT molecular complexity index is 246. The number of rotatable bonds is 12. The van der Waals surface area contributed by atoms with E-state index >= 15 is 0 Å². The van der Waals surface area contributed by atoms with Crippen LogP contribution in [0, 0.1) is 16.2 Å². The lowest BCUT2D eigenvalue weighted by Gasteiger charge is -2.24. The van der Waals surface area contributed by atoms with Crippen LogP contribution in [0.1, 0.15) is 40.0 Å². The summed E-state index contributed by atoms with van der Waals surface area (Å²) in [6, 6.07) is 0. The third kappa shape index (κ3) is 18.1. The van der Waals surface area contributed by atoms with Gasteiger partial charge in [0.25, 0.3) is 0 Å². The lowest BCUT2D eigenvalue weighted by atomic mass is 9.88. The highest BCUT2D eigenvalue weighted by atomic mass is 31.2. The van der Waals surface area contributed by atoms with Crippen LogP contribution in [0.2, 0.25) is 0 Å². The molecule has 0 bridgehead atoms. The van der Waals surface area contributed by atoms with E-state index in [-0.39, 0.29) is 59.5 Å². The molecular formula is C18H45O12P. The van der Waals surface area contributed by atoms with Crippen molar-refractivity contribution in [2.24, 2.45) is 16.2 Å². The van der Waals surface area contributed by atoms with Crippen LogP contribution < -0.4 is 0 Å². The molecule has 0 fully saturated rings. The van der Waals surface area contributed by atoms with Gasteiger partial charge in [-0.15, -0.1) is 0 Å². The second-order valence-corrected chi connectivity index (χ2v) is 7.79. The number of hydrogen-bond acceptors (Lipinski definition) is 12. The summed E-state index contributed by atoms with van der Waals surface area (Å²) in [5, 5.41) is 77.9. The second kappa shape index (κ2) is 23.1. The number of aliphatic hydroxyl groups is 9. The lowest BCUT2D eigenvalue weighted by Crippen LogP contribution is -2.32. The van der Waals surface area contributed by atoms with Crippen molar-refractivity contribution in [1.29, 1.82) is 0 Å². The first kappa shape index (κ1) is 38.2. The SMILES string of the molecule is CCC(CO)(CO)CO.CCC(CO)(CO)CO.CCC(CO)(CO)CO.OP(O)O.